The number of nitrogens with zero attached hydrogens (tertiary/aromatic N) is 1. The van der Waals surface area contributed by atoms with Crippen LogP contribution in [-0.4, -0.2) is 54.2 Å². The predicted octanol–water partition coefficient (Wildman–Crippen LogP) is 0.444. The van der Waals surface area contributed by atoms with Crippen molar-refractivity contribution >= 4 is 18.0 Å². The summed E-state index contributed by atoms with van der Waals surface area (Å²) in [5.41, 5.74) is 0. The molecule has 0 aliphatic carbocycles. The third-order valence-corrected chi connectivity index (χ3v) is 3.12. The zero-order valence-corrected chi connectivity index (χ0v) is 11.2. The van der Waals surface area contributed by atoms with Crippen LogP contribution in [0.2, 0.25) is 0 Å². The molecule has 2 N–H and O–H groups in total. The molecular weight excluding hydrogens is 252 g/mol. The maximum Gasteiger partial charge on any atom is 0.407 e. The largest absolute Gasteiger partial charge is 0.481 e. The minimum atomic E-state index is -0.953. The topological polar surface area (TPSA) is 95.9 Å². The number of hydrogen-bond donors (Lipinski definition) is 2. The molecule has 1 heterocycles. The van der Waals surface area contributed by atoms with E-state index in [0.29, 0.717) is 25.8 Å². The third-order valence-electron chi connectivity index (χ3n) is 3.12. The van der Waals surface area contributed by atoms with Crippen LogP contribution in [0.4, 0.5) is 4.79 Å². The molecule has 0 aromatic rings. The Kier molecular flexibility index (Phi) is 5.59. The number of aliphatic carboxylic acids is 1. The molecule has 1 fully saturated rings. The first-order valence-electron chi connectivity index (χ1n) is 6.33. The average Bonchev–Trinajstić information content (AvgIpc) is 2.38. The Morgan fingerprint density at radius 3 is 2.58 bits per heavy atom. The zero-order valence-electron chi connectivity index (χ0n) is 11.2. The Morgan fingerprint density at radius 2 is 2.05 bits per heavy atom. The molecule has 108 valence electrons. The van der Waals surface area contributed by atoms with Gasteiger partial charge in [0.2, 0.25) is 5.91 Å². The van der Waals surface area contributed by atoms with E-state index in [1.54, 1.807) is 0 Å². The fourth-order valence-electron chi connectivity index (χ4n) is 2.18. The van der Waals surface area contributed by atoms with E-state index < -0.39 is 18.0 Å². The van der Waals surface area contributed by atoms with Crippen molar-refractivity contribution in [2.45, 2.75) is 32.2 Å². The summed E-state index contributed by atoms with van der Waals surface area (Å²) in [4.78, 5) is 35.6. The Bertz CT molecular complexity index is 358. The monoisotopic (exact) mass is 272 g/mol. The van der Waals surface area contributed by atoms with Crippen molar-refractivity contribution < 1.29 is 24.2 Å². The number of carboxylic acid groups (broad SMARTS) is 1. The highest BCUT2D eigenvalue weighted by molar-refractivity contribution is 5.78. The van der Waals surface area contributed by atoms with Crippen LogP contribution in [0.25, 0.3) is 0 Å². The molecule has 2 unspecified atom stereocenters. The molecule has 0 aromatic heterocycles. The lowest BCUT2D eigenvalue weighted by Gasteiger charge is -2.36. The van der Waals surface area contributed by atoms with Crippen molar-refractivity contribution in [3.63, 3.8) is 0 Å². The summed E-state index contributed by atoms with van der Waals surface area (Å²) in [6.07, 6.45) is 0.790. The molecule has 7 nitrogen and oxygen atoms in total. The summed E-state index contributed by atoms with van der Waals surface area (Å²) >= 11 is 0. The molecule has 1 saturated heterocycles. The summed E-state index contributed by atoms with van der Waals surface area (Å²) in [5.74, 6) is -1.69. The van der Waals surface area contributed by atoms with Gasteiger partial charge < -0.3 is 20.1 Å². The Hall–Kier alpha value is -1.79. The summed E-state index contributed by atoms with van der Waals surface area (Å²) in [6, 6.07) is -0.386. The smallest absolute Gasteiger partial charge is 0.407 e. The van der Waals surface area contributed by atoms with Crippen molar-refractivity contribution in [1.82, 2.24) is 10.2 Å². The van der Waals surface area contributed by atoms with Crippen molar-refractivity contribution in [2.75, 3.05) is 20.2 Å². The van der Waals surface area contributed by atoms with Gasteiger partial charge in [-0.1, -0.05) is 6.92 Å². The van der Waals surface area contributed by atoms with Gasteiger partial charge in [-0.3, -0.25) is 9.59 Å². The van der Waals surface area contributed by atoms with Crippen LogP contribution < -0.4 is 5.32 Å². The number of nitrogens with one attached hydrogen (secondary N) is 1. The van der Waals surface area contributed by atoms with E-state index in [9.17, 15) is 14.4 Å². The number of ether oxygens (including phenoxy) is 1. The highest BCUT2D eigenvalue weighted by Crippen LogP contribution is 2.18. The normalized spacial score (nSPS) is 22.7. The summed E-state index contributed by atoms with van der Waals surface area (Å²) in [6.45, 7) is 2.42. The highest BCUT2D eigenvalue weighted by atomic mass is 16.5. The fraction of sp³-hybridized carbons (Fsp3) is 0.750. The van der Waals surface area contributed by atoms with Crippen LogP contribution in [0, 0.1) is 5.92 Å². The van der Waals surface area contributed by atoms with Crippen LogP contribution in [-0.2, 0) is 14.3 Å². The van der Waals surface area contributed by atoms with E-state index in [1.165, 1.54) is 12.0 Å². The Morgan fingerprint density at radius 1 is 1.37 bits per heavy atom. The molecule has 7 heteroatoms. The standard InChI is InChI=1S/C12H20N2O5/c1-3-4-10(15)14-6-8(11(16)17)5-9(7-14)13-12(18)19-2/h8-9H,3-7H2,1-2H3,(H,13,18)(H,16,17). The number of hydrogen-bond acceptors (Lipinski definition) is 4. The van der Waals surface area contributed by atoms with Crippen LogP contribution in [0.5, 0.6) is 0 Å². The van der Waals surface area contributed by atoms with Gasteiger partial charge in [-0.25, -0.2) is 4.79 Å². The molecule has 0 bridgehead atoms. The van der Waals surface area contributed by atoms with Crippen LogP contribution in [0.15, 0.2) is 0 Å². The number of amides is 2. The first-order chi connectivity index (χ1) is 8.97. The molecule has 0 spiro atoms. The molecule has 2 amide bonds. The second kappa shape index (κ2) is 6.96. The minimum Gasteiger partial charge on any atom is -0.481 e. The van der Waals surface area contributed by atoms with E-state index in [1.807, 2.05) is 6.92 Å². The number of carbonyl (C=O) groups is 3. The van der Waals surface area contributed by atoms with Gasteiger partial charge in [-0.15, -0.1) is 0 Å². The number of carbonyl (C=O) groups excluding carboxylic acids is 2. The second-order valence-corrected chi connectivity index (χ2v) is 4.65. The van der Waals surface area contributed by atoms with Gasteiger partial charge in [0.15, 0.2) is 0 Å². The van der Waals surface area contributed by atoms with Crippen LogP contribution >= 0.6 is 0 Å². The molecule has 0 saturated carbocycles. The average molecular weight is 272 g/mol. The van der Waals surface area contributed by atoms with Gasteiger partial charge in [0.1, 0.15) is 0 Å². The van der Waals surface area contributed by atoms with Crippen molar-refractivity contribution in [1.29, 1.82) is 0 Å². The van der Waals surface area contributed by atoms with Crippen molar-refractivity contribution in [3.05, 3.63) is 0 Å². The molecule has 0 radical (unpaired) electrons. The van der Waals surface area contributed by atoms with E-state index in [0.717, 1.165) is 0 Å². The number of methoxy groups -OCH3 is 1. The van der Waals surface area contributed by atoms with E-state index in [4.69, 9.17) is 5.11 Å². The van der Waals surface area contributed by atoms with Gasteiger partial charge >= 0.3 is 12.1 Å². The molecule has 2 atom stereocenters. The summed E-state index contributed by atoms with van der Waals surface area (Å²) < 4.78 is 4.49. The minimum absolute atomic E-state index is 0.0786. The fourth-order valence-corrected chi connectivity index (χ4v) is 2.18. The molecule has 19 heavy (non-hydrogen) atoms. The lowest BCUT2D eigenvalue weighted by atomic mass is 9.94. The second-order valence-electron chi connectivity index (χ2n) is 4.65. The van der Waals surface area contributed by atoms with Gasteiger partial charge in [0.05, 0.1) is 19.1 Å². The third kappa shape index (κ3) is 4.42. The first-order valence-corrected chi connectivity index (χ1v) is 6.33. The molecular formula is C12H20N2O5. The quantitative estimate of drug-likeness (QED) is 0.774. The molecule has 1 rings (SSSR count). The number of piperidine rings is 1. The van der Waals surface area contributed by atoms with E-state index in [2.05, 4.69) is 10.1 Å². The molecule has 1 aliphatic heterocycles. The lowest BCUT2D eigenvalue weighted by molar-refractivity contribution is -0.146. The SMILES string of the molecule is CCCC(=O)N1CC(NC(=O)OC)CC(C(=O)O)C1. The predicted molar refractivity (Wildman–Crippen MR) is 66.6 cm³/mol. The maximum atomic E-state index is 11.9. The van der Waals surface area contributed by atoms with E-state index >= 15 is 0 Å². The van der Waals surface area contributed by atoms with Gasteiger partial charge in [0.25, 0.3) is 0 Å². The van der Waals surface area contributed by atoms with E-state index in [-0.39, 0.29) is 18.5 Å². The van der Waals surface area contributed by atoms with Gasteiger partial charge in [-0.05, 0) is 12.8 Å². The molecule has 0 aromatic carbocycles. The van der Waals surface area contributed by atoms with Crippen LogP contribution in [0.3, 0.4) is 0 Å². The number of alkyl carbamates (subject to hydrolysis) is 1. The maximum absolute atomic E-state index is 11.9. The highest BCUT2D eigenvalue weighted by Gasteiger charge is 2.34. The molecule has 1 aliphatic rings. The Balaban J connectivity index is 2.70. The number of rotatable bonds is 4. The number of likely N-dealkylation sites (tertiary alicyclic amines) is 1. The first kappa shape index (κ1) is 15.3. The van der Waals surface area contributed by atoms with Gasteiger partial charge in [0, 0.05) is 19.5 Å². The Labute approximate surface area is 111 Å². The number of carboxylic acids is 1. The van der Waals surface area contributed by atoms with Crippen LogP contribution in [0.1, 0.15) is 26.2 Å². The van der Waals surface area contributed by atoms with Gasteiger partial charge in [-0.2, -0.15) is 0 Å². The summed E-state index contributed by atoms with van der Waals surface area (Å²) in [7, 11) is 1.24. The lowest BCUT2D eigenvalue weighted by Crippen LogP contribution is -2.54. The van der Waals surface area contributed by atoms with Crippen molar-refractivity contribution in [3.8, 4) is 0 Å². The zero-order chi connectivity index (χ0) is 14.4. The summed E-state index contributed by atoms with van der Waals surface area (Å²) in [5, 5.41) is 11.7. The van der Waals surface area contributed by atoms with Crippen molar-refractivity contribution in [2.24, 2.45) is 5.92 Å².